The Morgan fingerprint density at radius 3 is 2.77 bits per heavy atom. The Morgan fingerprint density at radius 1 is 1.27 bits per heavy atom. The van der Waals surface area contributed by atoms with E-state index >= 15 is 0 Å². The van der Waals surface area contributed by atoms with Crippen molar-refractivity contribution in [1.82, 2.24) is 9.55 Å². The van der Waals surface area contributed by atoms with E-state index in [4.69, 9.17) is 21.1 Å². The Hall–Kier alpha value is -3.36. The lowest BCUT2D eigenvalue weighted by atomic mass is 10.2. The number of aliphatic hydroxyl groups is 1. The average molecular weight is 430 g/mol. The number of nitrogens with zero attached hydrogens (tertiary/aromatic N) is 2. The second-order valence-electron chi connectivity index (χ2n) is 6.34. The standard InChI is InChI=1S/C21H20ClN3O5/c1-29-21-6-5-16(9-23-21)24-20(28)11-25-10-19(18(27)8-17(25)12-26)30-13-14-3-2-4-15(22)7-14/h2-10,26H,11-13H2,1H3,(H,24,28). The first kappa shape index (κ1) is 21.4. The van der Waals surface area contributed by atoms with E-state index in [-0.39, 0.29) is 30.5 Å². The number of amides is 1. The topological polar surface area (TPSA) is 103 Å². The number of aliphatic hydroxyl groups excluding tert-OH is 1. The van der Waals surface area contributed by atoms with E-state index in [0.717, 1.165) is 5.56 Å². The molecule has 30 heavy (non-hydrogen) atoms. The van der Waals surface area contributed by atoms with Gasteiger partial charge >= 0.3 is 0 Å². The van der Waals surface area contributed by atoms with Crippen molar-refractivity contribution in [3.63, 3.8) is 0 Å². The molecule has 0 aliphatic heterocycles. The van der Waals surface area contributed by atoms with Crippen molar-refractivity contribution in [3.05, 3.63) is 81.4 Å². The third-order valence-corrected chi connectivity index (χ3v) is 4.41. The number of hydrogen-bond donors (Lipinski definition) is 2. The smallest absolute Gasteiger partial charge is 0.244 e. The van der Waals surface area contributed by atoms with E-state index in [1.54, 1.807) is 30.3 Å². The zero-order valence-electron chi connectivity index (χ0n) is 16.2. The van der Waals surface area contributed by atoms with Crippen molar-refractivity contribution >= 4 is 23.2 Å². The highest BCUT2D eigenvalue weighted by Gasteiger charge is 2.12. The van der Waals surface area contributed by atoms with Gasteiger partial charge in [-0.2, -0.15) is 0 Å². The third kappa shape index (κ3) is 5.59. The second kappa shape index (κ2) is 9.91. The summed E-state index contributed by atoms with van der Waals surface area (Å²) in [5, 5.41) is 12.8. The quantitative estimate of drug-likeness (QED) is 0.570. The number of halogens is 1. The van der Waals surface area contributed by atoms with E-state index in [1.807, 2.05) is 6.07 Å². The van der Waals surface area contributed by atoms with Gasteiger partial charge in [-0.25, -0.2) is 4.98 Å². The van der Waals surface area contributed by atoms with Gasteiger partial charge in [-0.05, 0) is 23.8 Å². The first-order valence-electron chi connectivity index (χ1n) is 9.00. The molecule has 0 atom stereocenters. The first-order valence-corrected chi connectivity index (χ1v) is 9.37. The maximum Gasteiger partial charge on any atom is 0.244 e. The highest BCUT2D eigenvalue weighted by molar-refractivity contribution is 6.30. The third-order valence-electron chi connectivity index (χ3n) is 4.17. The summed E-state index contributed by atoms with van der Waals surface area (Å²) in [4.78, 5) is 28.7. The molecule has 9 heteroatoms. The Kier molecular flexibility index (Phi) is 7.05. The molecule has 1 aromatic carbocycles. The van der Waals surface area contributed by atoms with Crippen molar-refractivity contribution in [1.29, 1.82) is 0 Å². The fraction of sp³-hybridized carbons (Fsp3) is 0.190. The van der Waals surface area contributed by atoms with Crippen LogP contribution in [0.3, 0.4) is 0 Å². The molecule has 0 bridgehead atoms. The van der Waals surface area contributed by atoms with Crippen LogP contribution in [0, 0.1) is 0 Å². The van der Waals surface area contributed by atoms with Gasteiger partial charge in [0.2, 0.25) is 17.2 Å². The number of carbonyl (C=O) groups is 1. The molecule has 0 radical (unpaired) electrons. The SMILES string of the molecule is COc1ccc(NC(=O)Cn2cc(OCc3cccc(Cl)c3)c(=O)cc2CO)cn1. The molecule has 1 amide bonds. The minimum absolute atomic E-state index is 0.0612. The number of nitrogens with one attached hydrogen (secondary N) is 1. The van der Waals surface area contributed by atoms with Crippen LogP contribution in [0.2, 0.25) is 5.02 Å². The van der Waals surface area contributed by atoms with Crippen LogP contribution in [0.5, 0.6) is 11.6 Å². The maximum atomic E-state index is 12.4. The van der Waals surface area contributed by atoms with E-state index in [9.17, 15) is 14.7 Å². The Labute approximate surface area is 177 Å². The minimum atomic E-state index is -0.402. The number of methoxy groups -OCH3 is 1. The van der Waals surface area contributed by atoms with Crippen LogP contribution in [0.4, 0.5) is 5.69 Å². The van der Waals surface area contributed by atoms with E-state index < -0.39 is 12.0 Å². The summed E-state index contributed by atoms with van der Waals surface area (Å²) in [5.74, 6) is 0.129. The molecule has 2 N–H and O–H groups in total. The van der Waals surface area contributed by atoms with Gasteiger partial charge < -0.3 is 24.5 Å². The molecule has 156 valence electrons. The number of pyridine rings is 2. The maximum absolute atomic E-state index is 12.4. The molecule has 0 saturated carbocycles. The second-order valence-corrected chi connectivity index (χ2v) is 6.77. The first-order chi connectivity index (χ1) is 14.5. The molecular weight excluding hydrogens is 410 g/mol. The number of rotatable bonds is 8. The summed E-state index contributed by atoms with van der Waals surface area (Å²) in [7, 11) is 1.50. The van der Waals surface area contributed by atoms with Gasteiger partial charge in [0.25, 0.3) is 0 Å². The minimum Gasteiger partial charge on any atom is -0.483 e. The summed E-state index contributed by atoms with van der Waals surface area (Å²) < 4.78 is 12.1. The molecule has 0 unspecified atom stereocenters. The molecular formula is C21H20ClN3O5. The molecule has 0 aliphatic rings. The molecule has 0 aliphatic carbocycles. The summed E-state index contributed by atoms with van der Waals surface area (Å²) in [6.45, 7) is -0.394. The molecule has 3 aromatic rings. The summed E-state index contributed by atoms with van der Waals surface area (Å²) in [6, 6.07) is 11.6. The molecule has 0 fully saturated rings. The largest absolute Gasteiger partial charge is 0.483 e. The van der Waals surface area contributed by atoms with Gasteiger partial charge in [-0.15, -0.1) is 0 Å². The van der Waals surface area contributed by atoms with Gasteiger partial charge in [0.1, 0.15) is 13.2 Å². The predicted molar refractivity (Wildman–Crippen MR) is 112 cm³/mol. The highest BCUT2D eigenvalue weighted by atomic mass is 35.5. The highest BCUT2D eigenvalue weighted by Crippen LogP contribution is 2.15. The number of hydrogen-bond acceptors (Lipinski definition) is 6. The summed E-state index contributed by atoms with van der Waals surface area (Å²) >= 11 is 5.96. The van der Waals surface area contributed by atoms with Crippen molar-refractivity contribution in [3.8, 4) is 11.6 Å². The van der Waals surface area contributed by atoms with Crippen LogP contribution < -0.4 is 20.2 Å². The van der Waals surface area contributed by atoms with Crippen LogP contribution in [-0.2, 0) is 24.6 Å². The van der Waals surface area contributed by atoms with Gasteiger partial charge in [0, 0.05) is 22.8 Å². The lowest BCUT2D eigenvalue weighted by molar-refractivity contribution is -0.116. The molecule has 0 spiro atoms. The van der Waals surface area contributed by atoms with Crippen molar-refractivity contribution in [2.24, 2.45) is 0 Å². The Morgan fingerprint density at radius 2 is 2.10 bits per heavy atom. The van der Waals surface area contributed by atoms with Gasteiger partial charge in [-0.1, -0.05) is 23.7 Å². The fourth-order valence-corrected chi connectivity index (χ4v) is 2.92. The van der Waals surface area contributed by atoms with Crippen LogP contribution in [0.25, 0.3) is 0 Å². The average Bonchev–Trinajstić information content (AvgIpc) is 2.74. The van der Waals surface area contributed by atoms with Crippen LogP contribution in [0.1, 0.15) is 11.3 Å². The number of aromatic nitrogens is 2. The summed E-state index contributed by atoms with van der Waals surface area (Å²) in [6.07, 6.45) is 2.87. The number of anilines is 1. The Bertz CT molecular complexity index is 1080. The molecule has 2 aromatic heterocycles. The lowest BCUT2D eigenvalue weighted by Gasteiger charge is -2.14. The zero-order valence-corrected chi connectivity index (χ0v) is 16.9. The zero-order chi connectivity index (χ0) is 21.5. The summed E-state index contributed by atoms with van der Waals surface area (Å²) in [5.41, 5.74) is 1.18. The van der Waals surface area contributed by atoms with Gasteiger partial charge in [-0.3, -0.25) is 9.59 Å². The number of benzene rings is 1. The lowest BCUT2D eigenvalue weighted by Crippen LogP contribution is -2.23. The van der Waals surface area contributed by atoms with Gasteiger partial charge in [0.05, 0.1) is 31.8 Å². The van der Waals surface area contributed by atoms with Gasteiger partial charge in [0.15, 0.2) is 5.75 Å². The van der Waals surface area contributed by atoms with Crippen molar-refractivity contribution in [2.75, 3.05) is 12.4 Å². The molecule has 0 saturated heterocycles. The van der Waals surface area contributed by atoms with E-state index in [0.29, 0.717) is 16.6 Å². The number of ether oxygens (including phenoxy) is 2. The fourth-order valence-electron chi connectivity index (χ4n) is 2.70. The van der Waals surface area contributed by atoms with Crippen molar-refractivity contribution < 1.29 is 19.4 Å². The monoisotopic (exact) mass is 429 g/mol. The predicted octanol–water partition coefficient (Wildman–Crippen LogP) is 2.62. The van der Waals surface area contributed by atoms with E-state index in [1.165, 1.54) is 30.1 Å². The van der Waals surface area contributed by atoms with Crippen LogP contribution >= 0.6 is 11.6 Å². The molecule has 8 nitrogen and oxygen atoms in total. The normalized spacial score (nSPS) is 10.5. The van der Waals surface area contributed by atoms with E-state index in [2.05, 4.69) is 10.3 Å². The van der Waals surface area contributed by atoms with Crippen molar-refractivity contribution in [2.45, 2.75) is 19.8 Å². The van der Waals surface area contributed by atoms with Crippen LogP contribution in [0.15, 0.2) is 59.7 Å². The number of carbonyl (C=O) groups excluding carboxylic acids is 1. The van der Waals surface area contributed by atoms with Crippen LogP contribution in [-0.4, -0.2) is 27.7 Å². The molecule has 3 rings (SSSR count). The Balaban J connectivity index is 1.73. The molecule has 2 heterocycles.